The molecule has 1 fully saturated rings. The van der Waals surface area contributed by atoms with Gasteiger partial charge >= 0.3 is 0 Å². The van der Waals surface area contributed by atoms with Crippen molar-refractivity contribution < 1.29 is 9.53 Å². The van der Waals surface area contributed by atoms with Gasteiger partial charge in [0.25, 0.3) is 0 Å². The molecule has 27 heavy (non-hydrogen) atoms. The van der Waals surface area contributed by atoms with Gasteiger partial charge in [-0.15, -0.1) is 0 Å². The maximum absolute atomic E-state index is 13.6. The maximum Gasteiger partial charge on any atom is 0.236 e. The fourth-order valence-corrected chi connectivity index (χ4v) is 4.76. The Morgan fingerprint density at radius 2 is 1.93 bits per heavy atom. The monoisotopic (exact) mass is 380 g/mol. The molecular formula is C22H24N2O2S. The number of ether oxygens (including phenoxy) is 1. The van der Waals surface area contributed by atoms with Crippen molar-refractivity contribution in [1.82, 2.24) is 4.98 Å². The molecule has 0 N–H and O–H groups in total. The third kappa shape index (κ3) is 3.56. The van der Waals surface area contributed by atoms with Gasteiger partial charge in [-0.3, -0.25) is 9.69 Å². The average Bonchev–Trinajstić information content (AvgIpc) is 3.12. The van der Waals surface area contributed by atoms with Gasteiger partial charge in [0.15, 0.2) is 5.13 Å². The number of hydrogen-bond acceptors (Lipinski definition) is 4. The summed E-state index contributed by atoms with van der Waals surface area (Å²) in [5.41, 5.74) is 2.80. The number of aryl methyl sites for hydroxylation is 1. The molecule has 4 rings (SSSR count). The van der Waals surface area contributed by atoms with E-state index in [-0.39, 0.29) is 11.8 Å². The summed E-state index contributed by atoms with van der Waals surface area (Å²) in [6.07, 6.45) is 5.37. The molecule has 1 saturated carbocycles. The number of aromatic nitrogens is 1. The molecule has 0 aliphatic heterocycles. The van der Waals surface area contributed by atoms with Crippen molar-refractivity contribution in [1.29, 1.82) is 0 Å². The van der Waals surface area contributed by atoms with Gasteiger partial charge in [0, 0.05) is 5.92 Å². The van der Waals surface area contributed by atoms with E-state index in [1.165, 1.54) is 6.42 Å². The van der Waals surface area contributed by atoms with Crippen LogP contribution in [0.3, 0.4) is 0 Å². The molecule has 0 atom stereocenters. The van der Waals surface area contributed by atoms with Gasteiger partial charge in [-0.1, -0.05) is 48.8 Å². The average molecular weight is 381 g/mol. The third-order valence-electron chi connectivity index (χ3n) is 5.22. The third-order valence-corrected chi connectivity index (χ3v) is 6.25. The molecule has 0 unspecified atom stereocenters. The Bertz CT molecular complexity index is 927. The highest BCUT2D eigenvalue weighted by atomic mass is 32.1. The highest BCUT2D eigenvalue weighted by Crippen LogP contribution is 2.40. The lowest BCUT2D eigenvalue weighted by atomic mass is 9.88. The predicted molar refractivity (Wildman–Crippen MR) is 111 cm³/mol. The number of carbonyl (C=O) groups is 1. The molecule has 0 spiro atoms. The van der Waals surface area contributed by atoms with Gasteiger partial charge < -0.3 is 4.74 Å². The molecular weight excluding hydrogens is 356 g/mol. The molecule has 0 radical (unpaired) electrons. The zero-order valence-corrected chi connectivity index (χ0v) is 16.6. The van der Waals surface area contributed by atoms with E-state index in [0.717, 1.165) is 52.3 Å². The first-order chi connectivity index (χ1) is 13.2. The minimum Gasteiger partial charge on any atom is -0.495 e. The quantitative estimate of drug-likeness (QED) is 0.569. The second-order valence-corrected chi connectivity index (χ2v) is 8.16. The fraction of sp³-hybridized carbons (Fsp3) is 0.364. The van der Waals surface area contributed by atoms with Gasteiger partial charge in [-0.05, 0) is 49.6 Å². The van der Waals surface area contributed by atoms with Crippen molar-refractivity contribution in [3.05, 3.63) is 48.0 Å². The van der Waals surface area contributed by atoms with E-state index in [1.807, 2.05) is 49.4 Å². The summed E-state index contributed by atoms with van der Waals surface area (Å²) in [4.78, 5) is 20.2. The molecule has 140 valence electrons. The number of thiazole rings is 1. The number of para-hydroxylation sites is 1. The van der Waals surface area contributed by atoms with Crippen LogP contribution in [-0.4, -0.2) is 18.0 Å². The number of benzene rings is 2. The number of methoxy groups -OCH3 is 1. The predicted octanol–water partition coefficient (Wildman–Crippen LogP) is 5.86. The van der Waals surface area contributed by atoms with Crippen molar-refractivity contribution in [2.75, 3.05) is 12.0 Å². The second kappa shape index (κ2) is 7.69. The van der Waals surface area contributed by atoms with E-state index in [9.17, 15) is 4.79 Å². The topological polar surface area (TPSA) is 42.4 Å². The highest BCUT2D eigenvalue weighted by Gasteiger charge is 2.31. The first-order valence-electron chi connectivity index (χ1n) is 9.51. The van der Waals surface area contributed by atoms with E-state index in [0.29, 0.717) is 5.75 Å². The summed E-state index contributed by atoms with van der Waals surface area (Å²) in [7, 11) is 1.65. The Labute approximate surface area is 163 Å². The second-order valence-electron chi connectivity index (χ2n) is 7.15. The molecule has 3 aromatic rings. The Morgan fingerprint density at radius 3 is 2.67 bits per heavy atom. The standard InChI is InChI=1S/C22H24N2O2S/c1-15-12-13-19(26-2)18(14-15)24(21(25)16-8-4-3-5-9-16)22-23-17-10-6-7-11-20(17)27-22/h6-7,10-14,16H,3-5,8-9H2,1-2H3. The van der Waals surface area contributed by atoms with Gasteiger partial charge in [-0.25, -0.2) is 4.98 Å². The minimum atomic E-state index is 0.0518. The SMILES string of the molecule is COc1ccc(C)cc1N(C(=O)C1CCCCC1)c1nc2ccccc2s1. The van der Waals surface area contributed by atoms with E-state index in [4.69, 9.17) is 9.72 Å². The fourth-order valence-electron chi connectivity index (χ4n) is 3.78. The van der Waals surface area contributed by atoms with Crippen LogP contribution in [0, 0.1) is 12.8 Å². The van der Waals surface area contributed by atoms with Crippen LogP contribution in [0.4, 0.5) is 10.8 Å². The van der Waals surface area contributed by atoms with Crippen molar-refractivity contribution in [3.63, 3.8) is 0 Å². The molecule has 0 bridgehead atoms. The first kappa shape index (κ1) is 18.0. The number of fused-ring (bicyclic) bond motifs is 1. The first-order valence-corrected chi connectivity index (χ1v) is 10.3. The Balaban J connectivity index is 1.84. The molecule has 1 aliphatic rings. The molecule has 1 heterocycles. The van der Waals surface area contributed by atoms with Gasteiger partial charge in [0.2, 0.25) is 5.91 Å². The number of amides is 1. The molecule has 5 heteroatoms. The molecule has 4 nitrogen and oxygen atoms in total. The smallest absolute Gasteiger partial charge is 0.236 e. The number of anilines is 2. The largest absolute Gasteiger partial charge is 0.495 e. The Hall–Kier alpha value is -2.40. The van der Waals surface area contributed by atoms with Crippen molar-refractivity contribution in [2.24, 2.45) is 5.92 Å². The lowest BCUT2D eigenvalue weighted by molar-refractivity contribution is -0.122. The highest BCUT2D eigenvalue weighted by molar-refractivity contribution is 7.22. The van der Waals surface area contributed by atoms with Crippen molar-refractivity contribution >= 4 is 38.3 Å². The van der Waals surface area contributed by atoms with Gasteiger partial charge in [-0.2, -0.15) is 0 Å². The van der Waals surface area contributed by atoms with Crippen LogP contribution >= 0.6 is 11.3 Å². The van der Waals surface area contributed by atoms with Crippen LogP contribution in [0.5, 0.6) is 5.75 Å². The Morgan fingerprint density at radius 1 is 1.15 bits per heavy atom. The zero-order valence-electron chi connectivity index (χ0n) is 15.8. The van der Waals surface area contributed by atoms with Crippen molar-refractivity contribution in [2.45, 2.75) is 39.0 Å². The van der Waals surface area contributed by atoms with Crippen LogP contribution in [0.2, 0.25) is 0 Å². The summed E-state index contributed by atoms with van der Waals surface area (Å²) < 4.78 is 6.68. The Kier molecular flexibility index (Phi) is 5.12. The number of hydrogen-bond donors (Lipinski definition) is 0. The van der Waals surface area contributed by atoms with Crippen LogP contribution in [-0.2, 0) is 4.79 Å². The summed E-state index contributed by atoms with van der Waals surface area (Å²) in [5, 5.41) is 0.718. The number of rotatable bonds is 4. The lowest BCUT2D eigenvalue weighted by Crippen LogP contribution is -2.33. The number of carbonyl (C=O) groups excluding carboxylic acids is 1. The van der Waals surface area contributed by atoms with Crippen LogP contribution in [0.15, 0.2) is 42.5 Å². The molecule has 1 amide bonds. The van der Waals surface area contributed by atoms with Crippen LogP contribution < -0.4 is 9.64 Å². The van der Waals surface area contributed by atoms with Gasteiger partial charge in [0.1, 0.15) is 5.75 Å². The summed E-state index contributed by atoms with van der Waals surface area (Å²) in [5.74, 6) is 0.887. The normalized spacial score (nSPS) is 15.0. The van der Waals surface area contributed by atoms with E-state index < -0.39 is 0 Å². The van der Waals surface area contributed by atoms with Crippen molar-refractivity contribution in [3.8, 4) is 5.75 Å². The maximum atomic E-state index is 13.6. The molecule has 0 saturated heterocycles. The number of nitrogens with zero attached hydrogens (tertiary/aromatic N) is 2. The summed E-state index contributed by atoms with van der Waals surface area (Å²) in [6, 6.07) is 14.0. The van der Waals surface area contributed by atoms with E-state index >= 15 is 0 Å². The van der Waals surface area contributed by atoms with Crippen LogP contribution in [0.1, 0.15) is 37.7 Å². The summed E-state index contributed by atoms with van der Waals surface area (Å²) >= 11 is 1.56. The molecule has 1 aliphatic carbocycles. The van der Waals surface area contributed by atoms with Crippen LogP contribution in [0.25, 0.3) is 10.2 Å². The van der Waals surface area contributed by atoms with Gasteiger partial charge in [0.05, 0.1) is 23.0 Å². The zero-order chi connectivity index (χ0) is 18.8. The molecule has 2 aromatic carbocycles. The minimum absolute atomic E-state index is 0.0518. The van der Waals surface area contributed by atoms with E-state index in [1.54, 1.807) is 23.3 Å². The molecule has 1 aromatic heterocycles. The summed E-state index contributed by atoms with van der Waals surface area (Å²) in [6.45, 7) is 2.03. The van der Waals surface area contributed by atoms with E-state index in [2.05, 4.69) is 0 Å². The lowest BCUT2D eigenvalue weighted by Gasteiger charge is -2.28.